The fourth-order valence-corrected chi connectivity index (χ4v) is 0.993. The lowest BCUT2D eigenvalue weighted by Gasteiger charge is -2.23. The average molecular weight is 198 g/mol. The Morgan fingerprint density at radius 2 is 2.14 bits per heavy atom. The molecule has 0 spiro atoms. The molecule has 1 atom stereocenters. The summed E-state index contributed by atoms with van der Waals surface area (Å²) in [6, 6.07) is -0.537. The predicted molar refractivity (Wildman–Crippen MR) is 52.9 cm³/mol. The van der Waals surface area contributed by atoms with Crippen molar-refractivity contribution >= 4 is 19.5 Å². The molecule has 0 bridgehead atoms. The van der Waals surface area contributed by atoms with E-state index in [1.54, 1.807) is 0 Å². The van der Waals surface area contributed by atoms with E-state index in [9.17, 15) is 9.59 Å². The van der Waals surface area contributed by atoms with Crippen LogP contribution >= 0.6 is 0 Å². The highest BCUT2D eigenvalue weighted by molar-refractivity contribution is 6.19. The Bertz CT molecular complexity index is 211. The molecule has 5 nitrogen and oxygen atoms in total. The van der Waals surface area contributed by atoms with E-state index in [2.05, 4.69) is 0 Å². The van der Waals surface area contributed by atoms with E-state index in [4.69, 9.17) is 18.7 Å². The van der Waals surface area contributed by atoms with Crippen molar-refractivity contribution in [3.63, 3.8) is 0 Å². The maximum atomic E-state index is 11.2. The molecule has 6 heteroatoms. The SMILES string of the molecule is [B]CC(=O)N(CC(C)=O)CC(N)CO. The van der Waals surface area contributed by atoms with Gasteiger partial charge in [-0.15, -0.1) is 0 Å². The Hall–Kier alpha value is -0.875. The van der Waals surface area contributed by atoms with Crippen molar-refractivity contribution in [3.05, 3.63) is 0 Å². The molecule has 0 aliphatic carbocycles. The van der Waals surface area contributed by atoms with Crippen LogP contribution in [0.25, 0.3) is 0 Å². The quantitative estimate of drug-likeness (QED) is 0.499. The molecule has 2 radical (unpaired) electrons. The van der Waals surface area contributed by atoms with Crippen molar-refractivity contribution in [2.24, 2.45) is 5.73 Å². The summed E-state index contributed by atoms with van der Waals surface area (Å²) in [7, 11) is 5.16. The molecular weight excluding hydrogens is 183 g/mol. The highest BCUT2D eigenvalue weighted by atomic mass is 16.3. The zero-order valence-electron chi connectivity index (χ0n) is 8.27. The second kappa shape index (κ2) is 6.56. The summed E-state index contributed by atoms with van der Waals surface area (Å²) in [5.74, 6) is -0.485. The lowest BCUT2D eigenvalue weighted by molar-refractivity contribution is -0.133. The molecule has 0 aromatic heterocycles. The molecule has 78 valence electrons. The van der Waals surface area contributed by atoms with Gasteiger partial charge >= 0.3 is 0 Å². The number of hydrogen-bond donors (Lipinski definition) is 2. The molecule has 0 saturated heterocycles. The number of ketones is 1. The highest BCUT2D eigenvalue weighted by Gasteiger charge is 2.15. The van der Waals surface area contributed by atoms with Gasteiger partial charge in [-0.25, -0.2) is 0 Å². The Morgan fingerprint density at radius 3 is 2.50 bits per heavy atom. The van der Waals surface area contributed by atoms with Gasteiger partial charge < -0.3 is 15.7 Å². The summed E-state index contributed by atoms with van der Waals surface area (Å²) in [4.78, 5) is 23.3. The summed E-state index contributed by atoms with van der Waals surface area (Å²) in [5, 5.41) is 8.69. The van der Waals surface area contributed by atoms with Gasteiger partial charge in [0.05, 0.1) is 21.0 Å². The molecule has 0 aliphatic rings. The van der Waals surface area contributed by atoms with E-state index >= 15 is 0 Å². The first-order valence-corrected chi connectivity index (χ1v) is 4.35. The second-order valence-electron chi connectivity index (χ2n) is 3.12. The van der Waals surface area contributed by atoms with Crippen molar-refractivity contribution in [1.82, 2.24) is 4.90 Å². The van der Waals surface area contributed by atoms with E-state index in [1.807, 2.05) is 0 Å². The summed E-state index contributed by atoms with van der Waals surface area (Å²) in [5.41, 5.74) is 5.45. The maximum absolute atomic E-state index is 11.2. The van der Waals surface area contributed by atoms with E-state index in [-0.39, 0.29) is 37.7 Å². The minimum atomic E-state index is -0.537. The number of nitrogens with two attached hydrogens (primary N) is 1. The maximum Gasteiger partial charge on any atom is 0.214 e. The number of rotatable bonds is 6. The van der Waals surface area contributed by atoms with Gasteiger partial charge in [-0.05, 0) is 13.2 Å². The molecule has 0 aromatic carbocycles. The van der Waals surface area contributed by atoms with Crippen LogP contribution in [0.4, 0.5) is 0 Å². The molecule has 0 aromatic rings. The van der Waals surface area contributed by atoms with E-state index in [1.165, 1.54) is 11.8 Å². The third kappa shape index (κ3) is 4.99. The van der Waals surface area contributed by atoms with Gasteiger partial charge in [-0.1, -0.05) is 0 Å². The Morgan fingerprint density at radius 1 is 1.57 bits per heavy atom. The number of carbonyl (C=O) groups excluding carboxylic acids is 2. The summed E-state index contributed by atoms with van der Waals surface area (Å²) in [6.45, 7) is 1.28. The van der Waals surface area contributed by atoms with Crippen LogP contribution in [0.2, 0.25) is 6.32 Å². The van der Waals surface area contributed by atoms with Gasteiger partial charge in [0, 0.05) is 12.6 Å². The molecule has 0 fully saturated rings. The van der Waals surface area contributed by atoms with Crippen molar-refractivity contribution in [1.29, 1.82) is 0 Å². The topological polar surface area (TPSA) is 83.6 Å². The van der Waals surface area contributed by atoms with Crippen LogP contribution in [-0.4, -0.2) is 55.3 Å². The molecule has 14 heavy (non-hydrogen) atoms. The van der Waals surface area contributed by atoms with Crippen LogP contribution in [0.3, 0.4) is 0 Å². The first-order valence-electron chi connectivity index (χ1n) is 4.35. The van der Waals surface area contributed by atoms with Crippen molar-refractivity contribution in [2.75, 3.05) is 19.7 Å². The third-order valence-corrected chi connectivity index (χ3v) is 1.63. The van der Waals surface area contributed by atoms with Crippen LogP contribution in [0.15, 0.2) is 0 Å². The summed E-state index contributed by atoms with van der Waals surface area (Å²) in [6.07, 6.45) is -0.161. The number of hydrogen-bond acceptors (Lipinski definition) is 4. The minimum absolute atomic E-state index is 0.0102. The monoisotopic (exact) mass is 198 g/mol. The third-order valence-electron chi connectivity index (χ3n) is 1.63. The molecule has 0 heterocycles. The predicted octanol–water partition coefficient (Wildman–Crippen LogP) is -1.69. The van der Waals surface area contributed by atoms with Gasteiger partial charge in [0.2, 0.25) is 5.91 Å². The summed E-state index contributed by atoms with van der Waals surface area (Å²) >= 11 is 0. The van der Waals surface area contributed by atoms with E-state index in [0.29, 0.717) is 0 Å². The Labute approximate surface area is 84.7 Å². The normalized spacial score (nSPS) is 12.2. The number of carbonyl (C=O) groups is 2. The van der Waals surface area contributed by atoms with Crippen LogP contribution < -0.4 is 5.73 Å². The van der Waals surface area contributed by atoms with Gasteiger partial charge in [0.1, 0.15) is 5.78 Å². The smallest absolute Gasteiger partial charge is 0.214 e. The van der Waals surface area contributed by atoms with Crippen LogP contribution in [0, 0.1) is 0 Å². The standard InChI is InChI=1S/C8H15BN2O3/c1-6(13)3-11(8(14)2-9)4-7(10)5-12/h7,12H,2-5,10H2,1H3. The zero-order valence-corrected chi connectivity index (χ0v) is 8.27. The van der Waals surface area contributed by atoms with Gasteiger partial charge in [-0.3, -0.25) is 9.59 Å². The number of amides is 1. The first kappa shape index (κ1) is 13.1. The number of aliphatic hydroxyl groups is 1. The fourth-order valence-electron chi connectivity index (χ4n) is 0.993. The van der Waals surface area contributed by atoms with Gasteiger partial charge in [0.25, 0.3) is 0 Å². The zero-order chi connectivity index (χ0) is 11.1. The molecule has 0 saturated carbocycles. The van der Waals surface area contributed by atoms with Crippen LogP contribution in [-0.2, 0) is 9.59 Å². The van der Waals surface area contributed by atoms with Crippen LogP contribution in [0.1, 0.15) is 6.92 Å². The lowest BCUT2D eigenvalue weighted by atomic mass is 10.0. The molecule has 0 aliphatic heterocycles. The molecule has 1 unspecified atom stereocenters. The Balaban J connectivity index is 4.24. The Kier molecular flexibility index (Phi) is 6.15. The highest BCUT2D eigenvalue weighted by Crippen LogP contribution is 1.95. The number of nitrogens with zero attached hydrogens (tertiary/aromatic N) is 1. The van der Waals surface area contributed by atoms with E-state index in [0.717, 1.165) is 0 Å². The molecule has 1 amide bonds. The van der Waals surface area contributed by atoms with Gasteiger partial charge in [0.15, 0.2) is 0 Å². The fraction of sp³-hybridized carbons (Fsp3) is 0.750. The molecular formula is C8H15BN2O3. The molecule has 3 N–H and O–H groups in total. The largest absolute Gasteiger partial charge is 0.395 e. The average Bonchev–Trinajstić information content (AvgIpc) is 2.14. The van der Waals surface area contributed by atoms with Crippen LogP contribution in [0.5, 0.6) is 0 Å². The number of Topliss-reactive ketones (excluding diaryl/α,β-unsaturated/α-hetero) is 1. The lowest BCUT2D eigenvalue weighted by Crippen LogP contribution is -2.44. The second-order valence-corrected chi connectivity index (χ2v) is 3.12. The van der Waals surface area contributed by atoms with Crippen molar-refractivity contribution < 1.29 is 14.7 Å². The van der Waals surface area contributed by atoms with Crippen molar-refractivity contribution in [2.45, 2.75) is 19.3 Å². The van der Waals surface area contributed by atoms with Gasteiger partial charge in [-0.2, -0.15) is 0 Å². The first-order chi connectivity index (χ1) is 6.51. The minimum Gasteiger partial charge on any atom is -0.395 e. The summed E-state index contributed by atoms with van der Waals surface area (Å²) < 4.78 is 0. The molecule has 0 rings (SSSR count). The van der Waals surface area contributed by atoms with E-state index < -0.39 is 6.04 Å². The van der Waals surface area contributed by atoms with Crippen molar-refractivity contribution in [3.8, 4) is 0 Å². The number of aliphatic hydroxyl groups excluding tert-OH is 1.